The fourth-order valence-corrected chi connectivity index (χ4v) is 2.87. The van der Waals surface area contributed by atoms with Gasteiger partial charge in [-0.15, -0.1) is 0 Å². The Morgan fingerprint density at radius 3 is 1.79 bits per heavy atom. The zero-order valence-corrected chi connectivity index (χ0v) is 17.9. The molecule has 0 aliphatic rings. The summed E-state index contributed by atoms with van der Waals surface area (Å²) in [5, 5.41) is 10.2. The van der Waals surface area contributed by atoms with Gasteiger partial charge < -0.3 is 9.90 Å². The summed E-state index contributed by atoms with van der Waals surface area (Å²) >= 11 is 1.74. The van der Waals surface area contributed by atoms with Crippen molar-refractivity contribution in [3.05, 3.63) is 0 Å². The van der Waals surface area contributed by atoms with E-state index in [1.54, 1.807) is 11.8 Å². The van der Waals surface area contributed by atoms with Crippen LogP contribution in [0.25, 0.3) is 0 Å². The van der Waals surface area contributed by atoms with Gasteiger partial charge in [0, 0.05) is 5.97 Å². The van der Waals surface area contributed by atoms with Crippen molar-refractivity contribution in [2.75, 3.05) is 11.5 Å². The van der Waals surface area contributed by atoms with Gasteiger partial charge in [0.2, 0.25) is 0 Å². The minimum absolute atomic E-state index is 0. The maximum absolute atomic E-state index is 10.2. The van der Waals surface area contributed by atoms with E-state index in [0.717, 1.165) is 5.75 Å². The van der Waals surface area contributed by atoms with Crippen LogP contribution in [0.15, 0.2) is 0 Å². The number of carbonyl (C=O) groups excluding carboxylic acids is 1. The predicted molar refractivity (Wildman–Crippen MR) is 84.5 cm³/mol. The van der Waals surface area contributed by atoms with Gasteiger partial charge in [-0.05, 0) is 24.3 Å². The first kappa shape index (κ1) is 22.7. The monoisotopic (exact) mass is 411 g/mol. The molecule has 0 saturated heterocycles. The van der Waals surface area contributed by atoms with E-state index in [-0.39, 0.29) is 55.3 Å². The van der Waals surface area contributed by atoms with Crippen LogP contribution in [0.2, 0.25) is 0 Å². The van der Waals surface area contributed by atoms with E-state index in [0.29, 0.717) is 5.75 Å². The molecule has 0 fully saturated rings. The van der Waals surface area contributed by atoms with Crippen molar-refractivity contribution in [2.45, 2.75) is 77.6 Å². The molecular weight excluding hydrogens is 382 g/mol. The third kappa shape index (κ3) is 21.8. The van der Waals surface area contributed by atoms with Crippen molar-refractivity contribution >= 4 is 66.6 Å². The first-order valence-corrected chi connectivity index (χ1v) is 8.70. The summed E-state index contributed by atoms with van der Waals surface area (Å²) in [4.78, 5) is 10.2. The summed E-state index contributed by atoms with van der Waals surface area (Å²) in [5.74, 6) is 0.884. The van der Waals surface area contributed by atoms with E-state index in [4.69, 9.17) is 0 Å². The third-order valence-electron chi connectivity index (χ3n) is 3.09. The molecule has 0 spiro atoms. The Hall–Kier alpha value is 1.39. The Balaban J connectivity index is 0. The van der Waals surface area contributed by atoms with Gasteiger partial charge in [0.1, 0.15) is 0 Å². The number of carboxylic acids is 1. The second-order valence-corrected chi connectivity index (χ2v) is 6.14. The molecule has 0 atom stereocenters. The van der Waals surface area contributed by atoms with Crippen LogP contribution in [0.4, 0.5) is 0 Å². The van der Waals surface area contributed by atoms with Gasteiger partial charge in [0.05, 0.1) is 0 Å². The van der Waals surface area contributed by atoms with Gasteiger partial charge in [-0.1, -0.05) is 64.7 Å². The van der Waals surface area contributed by atoms with Gasteiger partial charge in [0.15, 0.2) is 0 Å². The summed E-state index contributed by atoms with van der Waals surface area (Å²) in [5.41, 5.74) is 0. The number of thioether (sulfide) groups is 1. The summed E-state index contributed by atoms with van der Waals surface area (Å²) in [6, 6.07) is 0. The van der Waals surface area contributed by atoms with Gasteiger partial charge in [-0.25, -0.2) is 0 Å². The molecular formula is C15H29BaO2S+. The molecule has 19 heavy (non-hydrogen) atoms. The van der Waals surface area contributed by atoms with Crippen LogP contribution < -0.4 is 5.11 Å². The summed E-state index contributed by atoms with van der Waals surface area (Å²) in [6.07, 6.45) is 13.8. The summed E-state index contributed by atoms with van der Waals surface area (Å²) < 4.78 is 0. The van der Waals surface area contributed by atoms with Crippen LogP contribution in [-0.2, 0) is 4.79 Å². The number of unbranched alkanes of at least 4 members (excludes halogenated alkanes) is 9. The minimum Gasteiger partial charge on any atom is -0.550 e. The molecule has 2 nitrogen and oxygen atoms in total. The molecule has 0 saturated carbocycles. The van der Waals surface area contributed by atoms with Crippen LogP contribution in [0.5, 0.6) is 0 Å². The standard InChI is InChI=1S/C15H30O2S.Ba/c1-2-3-4-5-6-7-8-9-10-11-13-18-14-12-15(16)17;/h2-14H2,1H3,(H,16,17);/q;+2/p-1. The molecule has 4 heteroatoms. The van der Waals surface area contributed by atoms with E-state index in [1.165, 1.54) is 64.2 Å². The number of aliphatic carboxylic acids is 1. The average molecular weight is 411 g/mol. The van der Waals surface area contributed by atoms with Crippen LogP contribution in [0.3, 0.4) is 0 Å². The fraction of sp³-hybridized carbons (Fsp3) is 0.933. The van der Waals surface area contributed by atoms with E-state index >= 15 is 0 Å². The summed E-state index contributed by atoms with van der Waals surface area (Å²) in [6.45, 7) is 2.25. The smallest absolute Gasteiger partial charge is 0.550 e. The normalized spacial score (nSPS) is 10.2. The third-order valence-corrected chi connectivity index (χ3v) is 4.16. The zero-order valence-electron chi connectivity index (χ0n) is 12.6. The van der Waals surface area contributed by atoms with Gasteiger partial charge in [0.25, 0.3) is 0 Å². The molecule has 0 aromatic rings. The van der Waals surface area contributed by atoms with Crippen LogP contribution in [-0.4, -0.2) is 66.4 Å². The topological polar surface area (TPSA) is 40.1 Å². The first-order chi connectivity index (χ1) is 8.77. The first-order valence-electron chi connectivity index (χ1n) is 7.55. The molecule has 0 aliphatic carbocycles. The summed E-state index contributed by atoms with van der Waals surface area (Å²) in [7, 11) is 0. The van der Waals surface area contributed by atoms with E-state index in [1.807, 2.05) is 0 Å². The second kappa shape index (κ2) is 19.4. The van der Waals surface area contributed by atoms with Crippen molar-refractivity contribution in [1.82, 2.24) is 0 Å². The van der Waals surface area contributed by atoms with Crippen LogP contribution in [0, 0.1) is 0 Å². The molecule has 0 aliphatic heterocycles. The Morgan fingerprint density at radius 1 is 0.842 bits per heavy atom. The molecule has 0 aromatic heterocycles. The van der Waals surface area contributed by atoms with Crippen molar-refractivity contribution in [1.29, 1.82) is 0 Å². The van der Waals surface area contributed by atoms with Crippen molar-refractivity contribution in [3.63, 3.8) is 0 Å². The van der Waals surface area contributed by atoms with E-state index < -0.39 is 5.97 Å². The van der Waals surface area contributed by atoms with E-state index in [2.05, 4.69) is 6.92 Å². The van der Waals surface area contributed by atoms with Gasteiger partial charge in [-0.2, -0.15) is 11.8 Å². The zero-order chi connectivity index (χ0) is 13.5. The molecule has 0 N–H and O–H groups in total. The molecule has 0 aromatic carbocycles. The second-order valence-electron chi connectivity index (χ2n) is 4.92. The van der Waals surface area contributed by atoms with Crippen molar-refractivity contribution in [3.8, 4) is 0 Å². The molecule has 0 rings (SSSR count). The van der Waals surface area contributed by atoms with Gasteiger partial charge in [-0.3, -0.25) is 0 Å². The Bertz CT molecular complexity index is 189. The molecule has 0 radical (unpaired) electrons. The Labute approximate surface area is 164 Å². The SMILES string of the molecule is CCCCCCCCCCCCSCCC(=O)[O-].[Ba+2]. The van der Waals surface area contributed by atoms with E-state index in [9.17, 15) is 9.90 Å². The average Bonchev–Trinajstić information content (AvgIpc) is 2.34. The minimum atomic E-state index is -0.925. The Kier molecular flexibility index (Phi) is 23.1. The van der Waals surface area contributed by atoms with Crippen LogP contribution >= 0.6 is 11.8 Å². The largest absolute Gasteiger partial charge is 2.00 e. The molecule has 108 valence electrons. The number of hydrogen-bond acceptors (Lipinski definition) is 3. The molecule has 0 unspecified atom stereocenters. The fourth-order valence-electron chi connectivity index (χ4n) is 1.95. The number of carbonyl (C=O) groups is 1. The molecule has 0 heterocycles. The predicted octanol–water partition coefficient (Wildman–Crippen LogP) is 3.40. The van der Waals surface area contributed by atoms with Crippen molar-refractivity contribution in [2.24, 2.45) is 0 Å². The maximum Gasteiger partial charge on any atom is 2.00 e. The number of rotatable bonds is 14. The number of carboxylic acid groups (broad SMARTS) is 1. The number of hydrogen-bond donors (Lipinski definition) is 0. The Morgan fingerprint density at radius 2 is 1.32 bits per heavy atom. The molecule has 0 amide bonds. The molecule has 0 bridgehead atoms. The van der Waals surface area contributed by atoms with Gasteiger partial charge >= 0.3 is 48.9 Å². The van der Waals surface area contributed by atoms with Crippen LogP contribution in [0.1, 0.15) is 77.6 Å². The quantitative estimate of drug-likeness (QED) is 0.325. The van der Waals surface area contributed by atoms with Crippen molar-refractivity contribution < 1.29 is 9.90 Å². The maximum atomic E-state index is 10.2.